The van der Waals surface area contributed by atoms with Gasteiger partial charge in [-0.2, -0.15) is 0 Å². The van der Waals surface area contributed by atoms with Crippen molar-refractivity contribution in [2.45, 2.75) is 33.2 Å². The highest BCUT2D eigenvalue weighted by Gasteiger charge is 2.25. The Morgan fingerprint density at radius 1 is 1.10 bits per heavy atom. The number of rotatable bonds is 9. The molecule has 0 aliphatic rings. The Morgan fingerprint density at radius 3 is 2.41 bits per heavy atom. The number of hydrogen-bond donors (Lipinski definition) is 1. The smallest absolute Gasteiger partial charge is 0.252 e. The highest BCUT2D eigenvalue weighted by Crippen LogP contribution is 2.15. The van der Waals surface area contributed by atoms with Gasteiger partial charge in [0.1, 0.15) is 12.6 Å². The molecule has 0 aliphatic heterocycles. The summed E-state index contributed by atoms with van der Waals surface area (Å²) in [5, 5.41) is 2.87. The first-order valence-electron chi connectivity index (χ1n) is 9.78. The van der Waals surface area contributed by atoms with Gasteiger partial charge < -0.3 is 15.0 Å². The third-order valence-electron chi connectivity index (χ3n) is 4.60. The molecule has 0 heterocycles. The van der Waals surface area contributed by atoms with Gasteiger partial charge in [0.15, 0.2) is 11.6 Å². The van der Waals surface area contributed by atoms with E-state index in [1.165, 1.54) is 11.0 Å². The molecule has 0 fully saturated rings. The van der Waals surface area contributed by atoms with Crippen molar-refractivity contribution in [1.82, 2.24) is 10.2 Å². The Morgan fingerprint density at radius 2 is 1.76 bits per heavy atom. The van der Waals surface area contributed by atoms with Crippen LogP contribution >= 0.6 is 0 Å². The number of hydrogen-bond acceptors (Lipinski definition) is 3. The van der Waals surface area contributed by atoms with Crippen LogP contribution in [0.15, 0.2) is 48.5 Å². The first-order valence-corrected chi connectivity index (χ1v) is 9.78. The number of nitrogens with zero attached hydrogens (tertiary/aromatic N) is 1. The molecule has 1 N–H and O–H groups in total. The molecule has 0 bridgehead atoms. The quantitative estimate of drug-likeness (QED) is 0.696. The van der Waals surface area contributed by atoms with E-state index in [9.17, 15) is 14.0 Å². The summed E-state index contributed by atoms with van der Waals surface area (Å²) in [6.07, 6.45) is 0.523. The molecular weight excluding hydrogens is 371 g/mol. The van der Waals surface area contributed by atoms with E-state index in [2.05, 4.69) is 5.32 Å². The molecule has 0 radical (unpaired) electrons. The molecule has 0 saturated heterocycles. The van der Waals surface area contributed by atoms with Gasteiger partial charge in [-0.25, -0.2) is 4.39 Å². The van der Waals surface area contributed by atoms with Crippen molar-refractivity contribution in [1.29, 1.82) is 0 Å². The average molecular weight is 400 g/mol. The molecule has 156 valence electrons. The van der Waals surface area contributed by atoms with Gasteiger partial charge in [0.05, 0.1) is 6.54 Å². The van der Waals surface area contributed by atoms with Crippen molar-refractivity contribution in [2.75, 3.05) is 20.2 Å². The topological polar surface area (TPSA) is 58.6 Å². The summed E-state index contributed by atoms with van der Waals surface area (Å²) in [5.41, 5.74) is 1.41. The SMILES string of the molecule is Cc1ccccc1C(=O)NC(CC(C)C)C(=O)N(C)CCOc1ccccc1F. The maximum Gasteiger partial charge on any atom is 0.252 e. The van der Waals surface area contributed by atoms with Crippen LogP contribution in [0.2, 0.25) is 0 Å². The van der Waals surface area contributed by atoms with Crippen LogP contribution in [0.1, 0.15) is 36.2 Å². The number of carbonyl (C=O) groups is 2. The molecule has 0 saturated carbocycles. The number of amides is 2. The van der Waals surface area contributed by atoms with E-state index >= 15 is 0 Å². The first kappa shape index (κ1) is 22.4. The molecule has 2 aromatic rings. The van der Waals surface area contributed by atoms with Crippen molar-refractivity contribution in [3.05, 3.63) is 65.5 Å². The number of halogens is 1. The van der Waals surface area contributed by atoms with Crippen LogP contribution in [0.25, 0.3) is 0 Å². The Kier molecular flexibility index (Phi) is 8.19. The number of likely N-dealkylation sites (N-methyl/N-ethyl adjacent to an activating group) is 1. The number of ether oxygens (including phenoxy) is 1. The van der Waals surface area contributed by atoms with Crippen LogP contribution in [0, 0.1) is 18.7 Å². The van der Waals surface area contributed by atoms with Crippen LogP contribution in [0.3, 0.4) is 0 Å². The molecule has 1 unspecified atom stereocenters. The van der Waals surface area contributed by atoms with E-state index in [0.717, 1.165) is 5.56 Å². The lowest BCUT2D eigenvalue weighted by molar-refractivity contribution is -0.132. The summed E-state index contributed by atoms with van der Waals surface area (Å²) in [6.45, 7) is 6.30. The summed E-state index contributed by atoms with van der Waals surface area (Å²) in [4.78, 5) is 27.1. The second-order valence-corrected chi connectivity index (χ2v) is 7.51. The molecule has 2 aromatic carbocycles. The molecule has 29 heavy (non-hydrogen) atoms. The van der Waals surface area contributed by atoms with Crippen LogP contribution in [0.5, 0.6) is 5.75 Å². The van der Waals surface area contributed by atoms with Gasteiger partial charge in [0.2, 0.25) is 5.91 Å². The van der Waals surface area contributed by atoms with E-state index in [1.54, 1.807) is 37.4 Å². The van der Waals surface area contributed by atoms with Gasteiger partial charge >= 0.3 is 0 Å². The third-order valence-corrected chi connectivity index (χ3v) is 4.60. The van der Waals surface area contributed by atoms with E-state index in [0.29, 0.717) is 12.0 Å². The van der Waals surface area contributed by atoms with Gasteiger partial charge in [0.25, 0.3) is 5.91 Å². The summed E-state index contributed by atoms with van der Waals surface area (Å²) in [7, 11) is 1.65. The molecule has 2 amide bonds. The molecule has 0 aliphatic carbocycles. The monoisotopic (exact) mass is 400 g/mol. The Balaban J connectivity index is 1.99. The second kappa shape index (κ2) is 10.6. The lowest BCUT2D eigenvalue weighted by Crippen LogP contribution is -2.49. The maximum absolute atomic E-state index is 13.6. The molecule has 2 rings (SSSR count). The van der Waals surface area contributed by atoms with E-state index in [4.69, 9.17) is 4.74 Å². The number of nitrogens with one attached hydrogen (secondary N) is 1. The maximum atomic E-state index is 13.6. The van der Waals surface area contributed by atoms with Crippen LogP contribution in [-0.2, 0) is 4.79 Å². The largest absolute Gasteiger partial charge is 0.489 e. The zero-order chi connectivity index (χ0) is 21.4. The van der Waals surface area contributed by atoms with Gasteiger partial charge in [-0.3, -0.25) is 9.59 Å². The normalized spacial score (nSPS) is 11.8. The minimum absolute atomic E-state index is 0.153. The van der Waals surface area contributed by atoms with Gasteiger partial charge in [-0.05, 0) is 43.0 Å². The minimum Gasteiger partial charge on any atom is -0.489 e. The standard InChI is InChI=1S/C23H29FN2O3/c1-16(2)15-20(25-22(27)18-10-6-5-9-17(18)3)23(28)26(4)13-14-29-21-12-8-7-11-19(21)24/h5-12,16,20H,13-15H2,1-4H3,(H,25,27). The highest BCUT2D eigenvalue weighted by atomic mass is 19.1. The fraction of sp³-hybridized carbons (Fsp3) is 0.391. The summed E-state index contributed by atoms with van der Waals surface area (Å²) >= 11 is 0. The summed E-state index contributed by atoms with van der Waals surface area (Å²) in [6, 6.07) is 12.8. The zero-order valence-electron chi connectivity index (χ0n) is 17.4. The van der Waals surface area contributed by atoms with E-state index in [-0.39, 0.29) is 36.6 Å². The van der Waals surface area contributed by atoms with Crippen LogP contribution < -0.4 is 10.1 Å². The molecule has 1 atom stereocenters. The first-order chi connectivity index (χ1) is 13.8. The summed E-state index contributed by atoms with van der Waals surface area (Å²) < 4.78 is 19.1. The number of carbonyl (C=O) groups excluding carboxylic acids is 2. The summed E-state index contributed by atoms with van der Waals surface area (Å²) in [5.74, 6) is -0.523. The van der Waals surface area contributed by atoms with Crippen LogP contribution in [-0.4, -0.2) is 43.0 Å². The van der Waals surface area contributed by atoms with Crippen molar-refractivity contribution < 1.29 is 18.7 Å². The Bertz CT molecular complexity index is 838. The van der Waals surface area contributed by atoms with Crippen molar-refractivity contribution in [3.8, 4) is 5.75 Å². The Labute approximate surface area is 171 Å². The predicted molar refractivity (Wildman–Crippen MR) is 111 cm³/mol. The zero-order valence-corrected chi connectivity index (χ0v) is 17.4. The molecule has 6 heteroatoms. The average Bonchev–Trinajstić information content (AvgIpc) is 2.68. The lowest BCUT2D eigenvalue weighted by atomic mass is 10.0. The lowest BCUT2D eigenvalue weighted by Gasteiger charge is -2.26. The third kappa shape index (κ3) is 6.59. The fourth-order valence-corrected chi connectivity index (χ4v) is 2.99. The number of benzene rings is 2. The molecule has 0 aromatic heterocycles. The van der Waals surface area contributed by atoms with Crippen molar-refractivity contribution >= 4 is 11.8 Å². The minimum atomic E-state index is -0.638. The van der Waals surface area contributed by atoms with E-state index < -0.39 is 11.9 Å². The Hall–Kier alpha value is -2.89. The van der Waals surface area contributed by atoms with Gasteiger partial charge in [-0.1, -0.05) is 44.2 Å². The van der Waals surface area contributed by atoms with Crippen molar-refractivity contribution in [2.24, 2.45) is 5.92 Å². The van der Waals surface area contributed by atoms with Gasteiger partial charge in [0, 0.05) is 12.6 Å². The number of aryl methyl sites for hydroxylation is 1. The van der Waals surface area contributed by atoms with Crippen LogP contribution in [0.4, 0.5) is 4.39 Å². The number of para-hydroxylation sites is 1. The van der Waals surface area contributed by atoms with Crippen molar-refractivity contribution in [3.63, 3.8) is 0 Å². The van der Waals surface area contributed by atoms with E-state index in [1.807, 2.05) is 32.9 Å². The highest BCUT2D eigenvalue weighted by molar-refractivity contribution is 5.98. The molecular formula is C23H29FN2O3. The molecule has 5 nitrogen and oxygen atoms in total. The molecule has 0 spiro atoms. The fourth-order valence-electron chi connectivity index (χ4n) is 2.99. The predicted octanol–water partition coefficient (Wildman–Crippen LogP) is 3.82. The van der Waals surface area contributed by atoms with Gasteiger partial charge in [-0.15, -0.1) is 0 Å². The second-order valence-electron chi connectivity index (χ2n) is 7.51.